The number of carbonyl (C=O) groups is 2. The summed E-state index contributed by atoms with van der Waals surface area (Å²) in [5.74, 6) is -1.59. The van der Waals surface area contributed by atoms with Crippen LogP contribution < -0.4 is 5.32 Å². The molecule has 2 N–H and O–H groups in total. The fraction of sp³-hybridized carbons (Fsp3) is 0.308. The lowest BCUT2D eigenvalue weighted by atomic mass is 10.1. The summed E-state index contributed by atoms with van der Waals surface area (Å²) in [6.07, 6.45) is 0. The average Bonchev–Trinajstić information content (AvgIpc) is 2.67. The molecule has 19 heavy (non-hydrogen) atoms. The second kappa shape index (κ2) is 4.38. The molecule has 0 fully saturated rings. The first kappa shape index (κ1) is 13.1. The molecular weight excluding hydrogens is 246 g/mol. The van der Waals surface area contributed by atoms with Crippen LogP contribution in [0.1, 0.15) is 24.3 Å². The molecule has 1 aromatic heterocycles. The van der Waals surface area contributed by atoms with Crippen molar-refractivity contribution >= 4 is 22.8 Å². The Kier molecular flexibility index (Phi) is 3.01. The maximum Gasteiger partial charge on any atom is 0.328 e. The number of amides is 1. The molecule has 0 atom stereocenters. The first-order valence-corrected chi connectivity index (χ1v) is 5.80. The van der Waals surface area contributed by atoms with Gasteiger partial charge in [0.05, 0.1) is 5.52 Å². The molecule has 0 unspecified atom stereocenters. The number of rotatable bonds is 3. The Balaban J connectivity index is 2.40. The highest BCUT2D eigenvalue weighted by atomic mass is 16.4. The molecular formula is C13H15N3O3. The summed E-state index contributed by atoms with van der Waals surface area (Å²) in [6.45, 7) is 2.86. The van der Waals surface area contributed by atoms with Gasteiger partial charge in [0.1, 0.15) is 5.54 Å². The predicted octanol–water partition coefficient (Wildman–Crippen LogP) is 1.17. The summed E-state index contributed by atoms with van der Waals surface area (Å²) < 4.78 is 1.60. The Labute approximate surface area is 110 Å². The highest BCUT2D eigenvalue weighted by molar-refractivity contribution is 6.06. The van der Waals surface area contributed by atoms with Crippen LogP contribution >= 0.6 is 0 Å². The Bertz CT molecular complexity index is 658. The largest absolute Gasteiger partial charge is 0.480 e. The SMILES string of the molecule is Cn1nc(C(=O)NC(C)(C)C(=O)O)c2ccccc21. The van der Waals surface area contributed by atoms with E-state index in [0.29, 0.717) is 5.39 Å². The van der Waals surface area contributed by atoms with Crippen LogP contribution in [0.2, 0.25) is 0 Å². The first-order valence-electron chi connectivity index (χ1n) is 5.80. The van der Waals surface area contributed by atoms with E-state index in [1.807, 2.05) is 18.2 Å². The van der Waals surface area contributed by atoms with Crippen molar-refractivity contribution in [1.29, 1.82) is 0 Å². The van der Waals surface area contributed by atoms with Crippen molar-refractivity contribution in [2.45, 2.75) is 19.4 Å². The van der Waals surface area contributed by atoms with Crippen LogP contribution in [0, 0.1) is 0 Å². The number of carbonyl (C=O) groups excluding carboxylic acids is 1. The van der Waals surface area contributed by atoms with Crippen molar-refractivity contribution in [3.05, 3.63) is 30.0 Å². The summed E-state index contributed by atoms with van der Waals surface area (Å²) in [6, 6.07) is 7.29. The van der Waals surface area contributed by atoms with Gasteiger partial charge in [-0.3, -0.25) is 9.48 Å². The fourth-order valence-electron chi connectivity index (χ4n) is 1.78. The third-order valence-electron chi connectivity index (χ3n) is 2.93. The molecule has 6 nitrogen and oxygen atoms in total. The lowest BCUT2D eigenvalue weighted by Crippen LogP contribution is -2.49. The number of benzene rings is 1. The minimum Gasteiger partial charge on any atom is -0.480 e. The molecule has 0 saturated carbocycles. The smallest absolute Gasteiger partial charge is 0.328 e. The molecule has 1 amide bonds. The Morgan fingerprint density at radius 1 is 1.32 bits per heavy atom. The van der Waals surface area contributed by atoms with E-state index in [1.165, 1.54) is 13.8 Å². The molecule has 0 aliphatic rings. The number of nitrogens with zero attached hydrogens (tertiary/aromatic N) is 2. The third kappa shape index (κ3) is 2.29. The van der Waals surface area contributed by atoms with Crippen molar-refractivity contribution in [1.82, 2.24) is 15.1 Å². The van der Waals surface area contributed by atoms with Crippen molar-refractivity contribution in [2.24, 2.45) is 7.05 Å². The van der Waals surface area contributed by atoms with E-state index in [1.54, 1.807) is 17.8 Å². The van der Waals surface area contributed by atoms with E-state index >= 15 is 0 Å². The Morgan fingerprint density at radius 3 is 2.58 bits per heavy atom. The molecule has 0 bridgehead atoms. The molecule has 0 radical (unpaired) electrons. The first-order chi connectivity index (χ1) is 8.83. The van der Waals surface area contributed by atoms with E-state index < -0.39 is 17.4 Å². The summed E-state index contributed by atoms with van der Waals surface area (Å²) in [4.78, 5) is 23.2. The van der Waals surface area contributed by atoms with Crippen LogP contribution in [0.5, 0.6) is 0 Å². The summed E-state index contributed by atoms with van der Waals surface area (Å²) in [5.41, 5.74) is -0.288. The van der Waals surface area contributed by atoms with Gasteiger partial charge in [0, 0.05) is 12.4 Å². The van der Waals surface area contributed by atoms with Gasteiger partial charge >= 0.3 is 5.97 Å². The molecule has 1 aromatic carbocycles. The van der Waals surface area contributed by atoms with Gasteiger partial charge in [-0.05, 0) is 19.9 Å². The summed E-state index contributed by atoms with van der Waals surface area (Å²) >= 11 is 0. The minimum absolute atomic E-state index is 0.229. The van der Waals surface area contributed by atoms with Gasteiger partial charge in [0.25, 0.3) is 5.91 Å². The van der Waals surface area contributed by atoms with Crippen molar-refractivity contribution in [2.75, 3.05) is 0 Å². The monoisotopic (exact) mass is 261 g/mol. The number of aryl methyl sites for hydroxylation is 1. The van der Waals surface area contributed by atoms with E-state index in [0.717, 1.165) is 5.52 Å². The van der Waals surface area contributed by atoms with Gasteiger partial charge in [0.15, 0.2) is 5.69 Å². The van der Waals surface area contributed by atoms with Crippen molar-refractivity contribution in [3.63, 3.8) is 0 Å². The van der Waals surface area contributed by atoms with Crippen LogP contribution in [0.3, 0.4) is 0 Å². The number of para-hydroxylation sites is 1. The number of nitrogens with one attached hydrogen (secondary N) is 1. The van der Waals surface area contributed by atoms with Crippen LogP contribution in [0.15, 0.2) is 24.3 Å². The van der Waals surface area contributed by atoms with E-state index in [9.17, 15) is 9.59 Å². The fourth-order valence-corrected chi connectivity index (χ4v) is 1.78. The quantitative estimate of drug-likeness (QED) is 0.868. The number of aliphatic carboxylic acids is 1. The Hall–Kier alpha value is -2.37. The zero-order valence-electron chi connectivity index (χ0n) is 11.0. The van der Waals surface area contributed by atoms with E-state index in [2.05, 4.69) is 10.4 Å². The van der Waals surface area contributed by atoms with Crippen LogP contribution in [-0.4, -0.2) is 32.3 Å². The van der Waals surface area contributed by atoms with Gasteiger partial charge in [-0.1, -0.05) is 18.2 Å². The second-order valence-corrected chi connectivity index (χ2v) is 4.87. The average molecular weight is 261 g/mol. The van der Waals surface area contributed by atoms with Gasteiger partial charge in [-0.15, -0.1) is 0 Å². The highest BCUT2D eigenvalue weighted by Crippen LogP contribution is 2.18. The predicted molar refractivity (Wildman–Crippen MR) is 69.9 cm³/mol. The number of fused-ring (bicyclic) bond motifs is 1. The molecule has 100 valence electrons. The molecule has 0 aliphatic carbocycles. The summed E-state index contributed by atoms with van der Waals surface area (Å²) in [7, 11) is 1.74. The number of aromatic nitrogens is 2. The Morgan fingerprint density at radius 2 is 1.95 bits per heavy atom. The molecule has 2 aromatic rings. The molecule has 6 heteroatoms. The number of carboxylic acids is 1. The summed E-state index contributed by atoms with van der Waals surface area (Å²) in [5, 5.41) is 16.3. The standard InChI is InChI=1S/C13H15N3O3/c1-13(2,12(18)19)14-11(17)10-8-6-4-5-7-9(8)16(3)15-10/h4-7H,1-3H3,(H,14,17)(H,18,19). The zero-order chi connectivity index (χ0) is 14.2. The second-order valence-electron chi connectivity index (χ2n) is 4.87. The van der Waals surface area contributed by atoms with Crippen LogP contribution in [-0.2, 0) is 11.8 Å². The molecule has 2 rings (SSSR count). The molecule has 1 heterocycles. The minimum atomic E-state index is -1.34. The normalized spacial score (nSPS) is 11.5. The lowest BCUT2D eigenvalue weighted by molar-refractivity contribution is -0.143. The molecule has 0 spiro atoms. The number of carboxylic acid groups (broad SMARTS) is 1. The third-order valence-corrected chi connectivity index (χ3v) is 2.93. The van der Waals surface area contributed by atoms with Crippen molar-refractivity contribution in [3.8, 4) is 0 Å². The topological polar surface area (TPSA) is 84.2 Å². The maximum atomic E-state index is 12.1. The van der Waals surface area contributed by atoms with Gasteiger partial charge in [-0.25, -0.2) is 4.79 Å². The number of hydrogen-bond acceptors (Lipinski definition) is 3. The van der Waals surface area contributed by atoms with Crippen LogP contribution in [0.25, 0.3) is 10.9 Å². The molecule has 0 saturated heterocycles. The zero-order valence-corrected chi connectivity index (χ0v) is 11.0. The van der Waals surface area contributed by atoms with Crippen LogP contribution in [0.4, 0.5) is 0 Å². The van der Waals surface area contributed by atoms with Gasteiger partial charge < -0.3 is 10.4 Å². The molecule has 0 aliphatic heterocycles. The van der Waals surface area contributed by atoms with E-state index in [4.69, 9.17) is 5.11 Å². The highest BCUT2D eigenvalue weighted by Gasteiger charge is 2.30. The van der Waals surface area contributed by atoms with Crippen molar-refractivity contribution < 1.29 is 14.7 Å². The van der Waals surface area contributed by atoms with Gasteiger partial charge in [-0.2, -0.15) is 5.10 Å². The maximum absolute atomic E-state index is 12.1. The van der Waals surface area contributed by atoms with E-state index in [-0.39, 0.29) is 5.69 Å². The lowest BCUT2D eigenvalue weighted by Gasteiger charge is -2.20. The van der Waals surface area contributed by atoms with Gasteiger partial charge in [0.2, 0.25) is 0 Å². The number of hydrogen-bond donors (Lipinski definition) is 2.